The van der Waals surface area contributed by atoms with Gasteiger partial charge in [-0.1, -0.05) is 30.3 Å². The molecule has 2 aromatic carbocycles. The van der Waals surface area contributed by atoms with E-state index in [1.165, 1.54) is 4.90 Å². The molecule has 0 aromatic heterocycles. The highest BCUT2D eigenvalue weighted by atomic mass is 16.5. The number of amides is 1. The Bertz CT molecular complexity index is 680. The van der Waals surface area contributed by atoms with Crippen molar-refractivity contribution in [2.75, 3.05) is 20.7 Å². The van der Waals surface area contributed by atoms with Crippen LogP contribution in [0.15, 0.2) is 54.6 Å². The van der Waals surface area contributed by atoms with Crippen LogP contribution in [0.3, 0.4) is 0 Å². The van der Waals surface area contributed by atoms with Crippen LogP contribution in [0.2, 0.25) is 0 Å². The van der Waals surface area contributed by atoms with Crippen LogP contribution in [0.5, 0.6) is 5.75 Å². The molecule has 0 aliphatic carbocycles. The van der Waals surface area contributed by atoms with E-state index in [1.54, 1.807) is 45.3 Å². The maximum atomic E-state index is 12.4. The van der Waals surface area contributed by atoms with Gasteiger partial charge >= 0.3 is 5.97 Å². The first-order valence-electron chi connectivity index (χ1n) is 7.73. The molecule has 0 saturated carbocycles. The number of carbonyl (C=O) groups is 2. The molecule has 1 amide bonds. The maximum absolute atomic E-state index is 12.4. The third-order valence-corrected chi connectivity index (χ3v) is 3.39. The number of benzene rings is 2. The molecule has 0 aliphatic rings. The summed E-state index contributed by atoms with van der Waals surface area (Å²) in [6.07, 6.45) is -0.741. The molecule has 2 aromatic rings. The second-order valence-corrected chi connectivity index (χ2v) is 5.39. The Morgan fingerprint density at radius 2 is 1.62 bits per heavy atom. The van der Waals surface area contributed by atoms with Gasteiger partial charge in [-0.25, -0.2) is 4.79 Å². The molecule has 0 fully saturated rings. The average Bonchev–Trinajstić information content (AvgIpc) is 2.60. The molecule has 1 atom stereocenters. The summed E-state index contributed by atoms with van der Waals surface area (Å²) in [6.45, 7) is 2.08. The zero-order chi connectivity index (χ0) is 17.5. The van der Waals surface area contributed by atoms with Gasteiger partial charge in [-0.15, -0.1) is 0 Å². The number of nitrogens with zero attached hydrogens (tertiary/aromatic N) is 1. The van der Waals surface area contributed by atoms with Gasteiger partial charge in [-0.3, -0.25) is 4.79 Å². The fraction of sp³-hybridized carbons (Fsp3) is 0.263. The van der Waals surface area contributed by atoms with E-state index in [2.05, 4.69) is 0 Å². The van der Waals surface area contributed by atoms with Gasteiger partial charge in [0.2, 0.25) is 6.10 Å². The van der Waals surface area contributed by atoms with Gasteiger partial charge in [0, 0.05) is 19.7 Å². The van der Waals surface area contributed by atoms with E-state index in [1.807, 2.05) is 30.3 Å². The van der Waals surface area contributed by atoms with Crippen molar-refractivity contribution >= 4 is 11.9 Å². The molecule has 5 heteroatoms. The summed E-state index contributed by atoms with van der Waals surface area (Å²) in [5.41, 5.74) is 1.21. The zero-order valence-electron chi connectivity index (χ0n) is 14.1. The molecule has 0 aliphatic heterocycles. The predicted octanol–water partition coefficient (Wildman–Crippen LogP) is 3.07. The number of hydrogen-bond donors (Lipinski definition) is 0. The molecular weight excluding hydrogens is 306 g/mol. The van der Waals surface area contributed by atoms with Crippen molar-refractivity contribution in [3.63, 3.8) is 0 Å². The Hall–Kier alpha value is -2.82. The minimum absolute atomic E-state index is 0.157. The lowest BCUT2D eigenvalue weighted by atomic mass is 10.1. The van der Waals surface area contributed by atoms with E-state index in [0.717, 1.165) is 5.56 Å². The van der Waals surface area contributed by atoms with Crippen molar-refractivity contribution in [2.24, 2.45) is 0 Å². The van der Waals surface area contributed by atoms with Crippen molar-refractivity contribution in [1.29, 1.82) is 0 Å². The SMILES string of the molecule is CCOC(=O)c1ccc(O[C@H](C(=O)N(C)C)c2ccccc2)cc1. The Balaban J connectivity index is 2.21. The van der Waals surface area contributed by atoms with Crippen LogP contribution in [-0.4, -0.2) is 37.5 Å². The fourth-order valence-electron chi connectivity index (χ4n) is 2.14. The van der Waals surface area contributed by atoms with Crippen molar-refractivity contribution < 1.29 is 19.1 Å². The number of esters is 1. The Morgan fingerprint density at radius 3 is 2.17 bits per heavy atom. The predicted molar refractivity (Wildman–Crippen MR) is 90.9 cm³/mol. The van der Waals surface area contributed by atoms with Crippen molar-refractivity contribution in [3.8, 4) is 5.75 Å². The van der Waals surface area contributed by atoms with Gasteiger partial charge in [0.1, 0.15) is 5.75 Å². The second kappa shape index (κ2) is 8.15. The third kappa shape index (κ3) is 4.35. The molecule has 5 nitrogen and oxygen atoms in total. The third-order valence-electron chi connectivity index (χ3n) is 3.39. The van der Waals surface area contributed by atoms with E-state index in [-0.39, 0.29) is 11.9 Å². The van der Waals surface area contributed by atoms with Gasteiger partial charge < -0.3 is 14.4 Å². The molecule has 24 heavy (non-hydrogen) atoms. The minimum atomic E-state index is -0.741. The van der Waals surface area contributed by atoms with Crippen molar-refractivity contribution in [2.45, 2.75) is 13.0 Å². The molecule has 0 bridgehead atoms. The van der Waals surface area contributed by atoms with E-state index in [9.17, 15) is 9.59 Å². The smallest absolute Gasteiger partial charge is 0.338 e. The van der Waals surface area contributed by atoms with Crippen LogP contribution in [-0.2, 0) is 9.53 Å². The quantitative estimate of drug-likeness (QED) is 0.765. The van der Waals surface area contributed by atoms with Gasteiger partial charge in [0.05, 0.1) is 12.2 Å². The normalized spacial score (nSPS) is 11.5. The largest absolute Gasteiger partial charge is 0.476 e. The van der Waals surface area contributed by atoms with Crippen LogP contribution in [0.1, 0.15) is 28.9 Å². The summed E-state index contributed by atoms with van der Waals surface area (Å²) in [7, 11) is 3.37. The highest BCUT2D eigenvalue weighted by Gasteiger charge is 2.24. The van der Waals surface area contributed by atoms with E-state index in [0.29, 0.717) is 17.9 Å². The van der Waals surface area contributed by atoms with Gasteiger partial charge in [0.25, 0.3) is 5.91 Å². The summed E-state index contributed by atoms with van der Waals surface area (Å²) in [5.74, 6) is -0.0317. The van der Waals surface area contributed by atoms with Crippen LogP contribution in [0, 0.1) is 0 Å². The monoisotopic (exact) mass is 327 g/mol. The molecule has 0 unspecified atom stereocenters. The molecule has 0 saturated heterocycles. The lowest BCUT2D eigenvalue weighted by Crippen LogP contribution is -2.31. The standard InChI is InChI=1S/C19H21NO4/c1-4-23-19(22)15-10-12-16(13-11-15)24-17(18(21)20(2)3)14-8-6-5-7-9-14/h5-13,17H,4H2,1-3H3/t17-/m0/s1. The molecular formula is C19H21NO4. The first kappa shape index (κ1) is 17.5. The average molecular weight is 327 g/mol. The lowest BCUT2D eigenvalue weighted by Gasteiger charge is -2.22. The number of hydrogen-bond acceptors (Lipinski definition) is 4. The maximum Gasteiger partial charge on any atom is 0.338 e. The highest BCUT2D eigenvalue weighted by Crippen LogP contribution is 2.24. The van der Waals surface area contributed by atoms with E-state index in [4.69, 9.17) is 9.47 Å². The lowest BCUT2D eigenvalue weighted by molar-refractivity contribution is -0.136. The number of rotatable bonds is 6. The topological polar surface area (TPSA) is 55.8 Å². The molecule has 0 spiro atoms. The Labute approximate surface area is 141 Å². The van der Waals surface area contributed by atoms with Crippen molar-refractivity contribution in [3.05, 3.63) is 65.7 Å². The fourth-order valence-corrected chi connectivity index (χ4v) is 2.14. The Morgan fingerprint density at radius 1 is 1.00 bits per heavy atom. The van der Waals surface area contributed by atoms with Crippen LogP contribution in [0.4, 0.5) is 0 Å². The summed E-state index contributed by atoms with van der Waals surface area (Å²) in [4.78, 5) is 25.6. The van der Waals surface area contributed by atoms with E-state index >= 15 is 0 Å². The minimum Gasteiger partial charge on any atom is -0.476 e. The first-order chi connectivity index (χ1) is 11.5. The molecule has 0 heterocycles. The molecule has 2 rings (SSSR count). The van der Waals surface area contributed by atoms with Gasteiger partial charge in [-0.05, 0) is 31.2 Å². The summed E-state index contributed by atoms with van der Waals surface area (Å²) < 4.78 is 10.8. The first-order valence-corrected chi connectivity index (χ1v) is 7.73. The summed E-state index contributed by atoms with van der Waals surface area (Å²) in [5, 5.41) is 0. The van der Waals surface area contributed by atoms with Crippen LogP contribution in [0.25, 0.3) is 0 Å². The van der Waals surface area contributed by atoms with Crippen molar-refractivity contribution in [1.82, 2.24) is 4.90 Å². The van der Waals surface area contributed by atoms with Gasteiger partial charge in [0.15, 0.2) is 0 Å². The van der Waals surface area contributed by atoms with Crippen LogP contribution >= 0.6 is 0 Å². The van der Waals surface area contributed by atoms with Gasteiger partial charge in [-0.2, -0.15) is 0 Å². The number of carbonyl (C=O) groups excluding carboxylic acids is 2. The zero-order valence-corrected chi connectivity index (χ0v) is 14.1. The van der Waals surface area contributed by atoms with E-state index < -0.39 is 6.10 Å². The second-order valence-electron chi connectivity index (χ2n) is 5.39. The molecule has 0 N–H and O–H groups in total. The highest BCUT2D eigenvalue weighted by molar-refractivity contribution is 5.89. The Kier molecular flexibility index (Phi) is 5.95. The number of ether oxygens (including phenoxy) is 2. The van der Waals surface area contributed by atoms with Crippen LogP contribution < -0.4 is 4.74 Å². The summed E-state index contributed by atoms with van der Waals surface area (Å²) in [6, 6.07) is 15.9. The molecule has 126 valence electrons. The number of likely N-dealkylation sites (N-methyl/N-ethyl adjacent to an activating group) is 1. The molecule has 0 radical (unpaired) electrons. The summed E-state index contributed by atoms with van der Waals surface area (Å²) >= 11 is 0.